The number of hydrogen-bond acceptors (Lipinski definition) is 3. The summed E-state index contributed by atoms with van der Waals surface area (Å²) in [5.74, 6) is 1.31. The maximum absolute atomic E-state index is 11.6. The zero-order valence-corrected chi connectivity index (χ0v) is 19.9. The minimum Gasteiger partial charge on any atom is -0.466 e. The number of esters is 1. The molecule has 0 spiro atoms. The molecular weight excluding hydrogens is 439 g/mol. The first kappa shape index (κ1) is 23.9. The minimum absolute atomic E-state index is 0.186. The highest BCUT2D eigenvalue weighted by molar-refractivity contribution is 14.1. The highest BCUT2D eigenvalue weighted by atomic mass is 127. The molecule has 1 rings (SSSR count). The number of carbonyl (C=O) groups is 2. The largest absolute Gasteiger partial charge is 0.466 e. The Morgan fingerprint density at radius 3 is 2.35 bits per heavy atom. The molecule has 0 unspecified atom stereocenters. The van der Waals surface area contributed by atoms with Gasteiger partial charge in [0.05, 0.1) is 6.61 Å². The molecule has 0 aromatic carbocycles. The van der Waals surface area contributed by atoms with E-state index in [9.17, 15) is 9.59 Å². The lowest BCUT2D eigenvalue weighted by atomic mass is 9.54. The van der Waals surface area contributed by atoms with Crippen molar-refractivity contribution in [2.75, 3.05) is 6.61 Å². The van der Waals surface area contributed by atoms with Crippen LogP contribution in [0.15, 0.2) is 0 Å². The van der Waals surface area contributed by atoms with Crippen LogP contribution < -0.4 is 0 Å². The van der Waals surface area contributed by atoms with E-state index >= 15 is 0 Å². The smallest absolute Gasteiger partial charge is 0.302 e. The SMILES string of the molecule is CC(=O)CC[C@H]1C(C)(C)CCC[C@]1(C)[C@H](I)CC[C@H](C)CCOC(C)=O. The van der Waals surface area contributed by atoms with E-state index in [1.54, 1.807) is 6.92 Å². The molecule has 0 bridgehead atoms. The molecule has 1 aliphatic rings. The van der Waals surface area contributed by atoms with Gasteiger partial charge in [-0.2, -0.15) is 0 Å². The Hall–Kier alpha value is -0.130. The second-order valence-electron chi connectivity index (χ2n) is 9.42. The number of ketones is 1. The molecule has 0 aliphatic heterocycles. The fourth-order valence-electron chi connectivity index (χ4n) is 4.92. The first-order valence-corrected chi connectivity index (χ1v) is 11.5. The summed E-state index contributed by atoms with van der Waals surface area (Å²) in [6.07, 6.45) is 8.89. The molecule has 0 amide bonds. The van der Waals surface area contributed by atoms with Gasteiger partial charge in [-0.15, -0.1) is 0 Å². The first-order chi connectivity index (χ1) is 12.0. The quantitative estimate of drug-likeness (QED) is 0.208. The summed E-state index contributed by atoms with van der Waals surface area (Å²) in [5.41, 5.74) is 0.611. The highest BCUT2D eigenvalue weighted by Crippen LogP contribution is 2.57. The van der Waals surface area contributed by atoms with Gasteiger partial charge in [-0.05, 0) is 68.1 Å². The van der Waals surface area contributed by atoms with Gasteiger partial charge in [0, 0.05) is 17.3 Å². The van der Waals surface area contributed by atoms with Crippen molar-refractivity contribution in [2.45, 2.75) is 96.8 Å². The van der Waals surface area contributed by atoms with Crippen LogP contribution in [0.2, 0.25) is 0 Å². The van der Waals surface area contributed by atoms with Gasteiger partial charge < -0.3 is 9.53 Å². The maximum atomic E-state index is 11.6. The van der Waals surface area contributed by atoms with E-state index in [-0.39, 0.29) is 5.97 Å². The number of carbonyl (C=O) groups excluding carboxylic acids is 2. The Kier molecular flexibility index (Phi) is 9.59. The maximum Gasteiger partial charge on any atom is 0.302 e. The molecule has 4 atom stereocenters. The van der Waals surface area contributed by atoms with Crippen LogP contribution in [-0.2, 0) is 14.3 Å². The Bertz CT molecular complexity index is 474. The predicted molar refractivity (Wildman–Crippen MR) is 117 cm³/mol. The number of Topliss-reactive ketones (excluding diaryl/α,β-unsaturated/α-hetero) is 1. The summed E-state index contributed by atoms with van der Waals surface area (Å²) in [5, 5.41) is 0. The number of ether oxygens (including phenoxy) is 1. The summed E-state index contributed by atoms with van der Waals surface area (Å²) < 4.78 is 5.70. The van der Waals surface area contributed by atoms with Gasteiger partial charge >= 0.3 is 5.97 Å². The van der Waals surface area contributed by atoms with E-state index in [4.69, 9.17) is 4.74 Å². The summed E-state index contributed by atoms with van der Waals surface area (Å²) in [6, 6.07) is 0. The topological polar surface area (TPSA) is 43.4 Å². The number of rotatable bonds is 10. The monoisotopic (exact) mass is 478 g/mol. The Morgan fingerprint density at radius 1 is 1.12 bits per heavy atom. The van der Waals surface area contributed by atoms with Crippen molar-refractivity contribution >= 4 is 34.3 Å². The average molecular weight is 478 g/mol. The van der Waals surface area contributed by atoms with Gasteiger partial charge in [-0.3, -0.25) is 4.79 Å². The summed E-state index contributed by atoms with van der Waals surface area (Å²) in [4.78, 5) is 22.5. The van der Waals surface area contributed by atoms with Crippen LogP contribution in [-0.4, -0.2) is 22.3 Å². The molecule has 4 heteroatoms. The zero-order chi connectivity index (χ0) is 20.0. The van der Waals surface area contributed by atoms with E-state index in [0.29, 0.717) is 45.4 Å². The molecule has 0 radical (unpaired) electrons. The fraction of sp³-hybridized carbons (Fsp3) is 0.909. The van der Waals surface area contributed by atoms with Crippen molar-refractivity contribution in [2.24, 2.45) is 22.7 Å². The molecule has 152 valence electrons. The van der Waals surface area contributed by atoms with Crippen molar-refractivity contribution in [1.29, 1.82) is 0 Å². The third kappa shape index (κ3) is 7.12. The Balaban J connectivity index is 2.67. The van der Waals surface area contributed by atoms with Gasteiger partial charge in [-0.1, -0.05) is 56.7 Å². The fourth-order valence-corrected chi connectivity index (χ4v) is 6.02. The van der Waals surface area contributed by atoms with Crippen LogP contribution >= 0.6 is 22.6 Å². The zero-order valence-electron chi connectivity index (χ0n) is 17.7. The van der Waals surface area contributed by atoms with Gasteiger partial charge in [-0.25, -0.2) is 0 Å². The van der Waals surface area contributed by atoms with Gasteiger partial charge in [0.1, 0.15) is 5.78 Å². The third-order valence-electron chi connectivity index (χ3n) is 6.61. The summed E-state index contributed by atoms with van der Waals surface area (Å²) in [6.45, 7) is 13.3. The normalized spacial score (nSPS) is 27.6. The van der Waals surface area contributed by atoms with E-state index in [2.05, 4.69) is 50.3 Å². The molecule has 26 heavy (non-hydrogen) atoms. The van der Waals surface area contributed by atoms with Crippen molar-refractivity contribution in [3.63, 3.8) is 0 Å². The molecule has 0 aromatic heterocycles. The van der Waals surface area contributed by atoms with Crippen LogP contribution in [0.3, 0.4) is 0 Å². The van der Waals surface area contributed by atoms with Gasteiger partial charge in [0.2, 0.25) is 0 Å². The van der Waals surface area contributed by atoms with E-state index in [0.717, 1.165) is 12.8 Å². The number of halogens is 1. The molecule has 0 N–H and O–H groups in total. The lowest BCUT2D eigenvalue weighted by Crippen LogP contribution is -2.47. The molecule has 0 saturated heterocycles. The van der Waals surface area contributed by atoms with E-state index < -0.39 is 0 Å². The summed E-state index contributed by atoms with van der Waals surface area (Å²) >= 11 is 2.68. The second kappa shape index (κ2) is 10.4. The first-order valence-electron chi connectivity index (χ1n) is 10.3. The molecular formula is C22H39IO3. The molecule has 3 nitrogen and oxygen atoms in total. The Labute approximate surface area is 174 Å². The van der Waals surface area contributed by atoms with Gasteiger partial charge in [0.15, 0.2) is 0 Å². The molecule has 1 saturated carbocycles. The highest BCUT2D eigenvalue weighted by Gasteiger charge is 2.49. The van der Waals surface area contributed by atoms with Crippen LogP contribution in [0.4, 0.5) is 0 Å². The Morgan fingerprint density at radius 2 is 1.77 bits per heavy atom. The van der Waals surface area contributed by atoms with Crippen molar-refractivity contribution in [3.05, 3.63) is 0 Å². The second-order valence-corrected chi connectivity index (χ2v) is 10.9. The van der Waals surface area contributed by atoms with Gasteiger partial charge in [0.25, 0.3) is 0 Å². The van der Waals surface area contributed by atoms with Crippen LogP contribution in [0.25, 0.3) is 0 Å². The minimum atomic E-state index is -0.186. The number of alkyl halides is 1. The van der Waals surface area contributed by atoms with Crippen molar-refractivity contribution in [1.82, 2.24) is 0 Å². The van der Waals surface area contributed by atoms with Crippen molar-refractivity contribution in [3.8, 4) is 0 Å². The number of hydrogen-bond donors (Lipinski definition) is 0. The predicted octanol–water partition coefficient (Wildman–Crippen LogP) is 6.36. The van der Waals surface area contributed by atoms with E-state index in [1.165, 1.54) is 39.0 Å². The molecule has 0 heterocycles. The standard InChI is InChI=1S/C22H39IO3/c1-16(12-15-26-18(3)25)8-11-20(23)22(6)14-7-13-21(4,5)19(22)10-9-17(2)24/h16,19-20H,7-15H2,1-6H3/t16-,19-,20+,22-/m0/s1. The lowest BCUT2D eigenvalue weighted by molar-refractivity contribution is -0.141. The average Bonchev–Trinajstić information content (AvgIpc) is 2.50. The van der Waals surface area contributed by atoms with Crippen LogP contribution in [0.5, 0.6) is 0 Å². The molecule has 0 aromatic rings. The summed E-state index contributed by atoms with van der Waals surface area (Å²) in [7, 11) is 0. The third-order valence-corrected chi connectivity index (χ3v) is 8.65. The van der Waals surface area contributed by atoms with Crippen LogP contribution in [0.1, 0.15) is 92.9 Å². The van der Waals surface area contributed by atoms with Crippen LogP contribution in [0, 0.1) is 22.7 Å². The molecule has 1 fully saturated rings. The molecule has 1 aliphatic carbocycles. The van der Waals surface area contributed by atoms with Crippen molar-refractivity contribution < 1.29 is 14.3 Å². The van der Waals surface area contributed by atoms with E-state index in [1.807, 2.05) is 0 Å². The lowest BCUT2D eigenvalue weighted by Gasteiger charge is -2.53.